The number of hydrogen-bond acceptors (Lipinski definition) is 7. The zero-order valence-electron chi connectivity index (χ0n) is 25.7. The molecule has 1 unspecified atom stereocenters. The number of ether oxygens (including phenoxy) is 1. The fourth-order valence-corrected chi connectivity index (χ4v) is 3.98. The Morgan fingerprint density at radius 2 is 1.71 bits per heavy atom. The van der Waals surface area contributed by atoms with Gasteiger partial charge in [0.05, 0.1) is 12.1 Å². The minimum absolute atomic E-state index is 0.00719. The van der Waals surface area contributed by atoms with E-state index in [0.717, 1.165) is 11.3 Å². The number of nitrogens with one attached hydrogen (secondary N) is 3. The molecule has 0 radical (unpaired) electrons. The smallest absolute Gasteiger partial charge is 0.407 e. The number of unbranched alkanes of at least 4 members (excludes halogenated alkanes) is 1. The minimum Gasteiger partial charge on any atom is -0.480 e. The van der Waals surface area contributed by atoms with Crippen LogP contribution in [0.3, 0.4) is 0 Å². The predicted octanol–water partition coefficient (Wildman–Crippen LogP) is 3.50. The lowest BCUT2D eigenvalue weighted by molar-refractivity contribution is -0.141. The van der Waals surface area contributed by atoms with Crippen LogP contribution in [0.2, 0.25) is 0 Å². The van der Waals surface area contributed by atoms with Gasteiger partial charge in [0, 0.05) is 31.9 Å². The number of carboxylic acid groups (broad SMARTS) is 1. The highest BCUT2D eigenvalue weighted by molar-refractivity contribution is 5.95. The molecule has 0 aliphatic rings. The topological polar surface area (TPSA) is 163 Å². The van der Waals surface area contributed by atoms with Crippen LogP contribution in [0.25, 0.3) is 0 Å². The van der Waals surface area contributed by atoms with E-state index < -0.39 is 41.5 Å². The van der Waals surface area contributed by atoms with Crippen LogP contribution in [0.1, 0.15) is 66.4 Å². The molecule has 6 N–H and O–H groups in total. The second-order valence-corrected chi connectivity index (χ2v) is 11.7. The molecule has 3 atom stereocenters. The van der Waals surface area contributed by atoms with E-state index in [1.165, 1.54) is 0 Å². The van der Waals surface area contributed by atoms with Gasteiger partial charge in [-0.25, -0.2) is 9.59 Å². The summed E-state index contributed by atoms with van der Waals surface area (Å²) in [6.07, 6.45) is 2.28. The van der Waals surface area contributed by atoms with Crippen molar-refractivity contribution >= 4 is 29.6 Å². The normalized spacial score (nSPS) is 14.0. The van der Waals surface area contributed by atoms with Crippen LogP contribution in [0.4, 0.5) is 10.5 Å². The number of anilines is 1. The van der Waals surface area contributed by atoms with Crippen LogP contribution in [-0.4, -0.2) is 72.6 Å². The number of carbonyl (C=O) groups excluding carboxylic acids is 3. The van der Waals surface area contributed by atoms with Crippen molar-refractivity contribution in [3.63, 3.8) is 0 Å². The Hall–Kier alpha value is -3.60. The largest absolute Gasteiger partial charge is 0.480 e. The predicted molar refractivity (Wildman–Crippen MR) is 160 cm³/mol. The average molecular weight is 576 g/mol. The molecule has 1 aromatic carbocycles. The molecule has 0 fully saturated rings. The summed E-state index contributed by atoms with van der Waals surface area (Å²) in [5.74, 6) is -1.91. The molecule has 0 aromatic heterocycles. The molecule has 230 valence electrons. The van der Waals surface area contributed by atoms with Crippen LogP contribution in [0, 0.1) is 11.3 Å². The number of aliphatic carboxylic acids is 1. The van der Waals surface area contributed by atoms with Crippen molar-refractivity contribution in [2.45, 2.75) is 85.5 Å². The molecule has 0 bridgehead atoms. The molecule has 11 heteroatoms. The van der Waals surface area contributed by atoms with E-state index in [9.17, 15) is 24.3 Å². The molecule has 0 saturated heterocycles. The maximum atomic E-state index is 12.9. The Bertz CT molecular complexity index is 1050. The molecule has 1 rings (SSSR count). The molecular formula is C30H49N5O6. The number of amides is 3. The first-order valence-corrected chi connectivity index (χ1v) is 14.0. The molecule has 1 aromatic rings. The van der Waals surface area contributed by atoms with Gasteiger partial charge in [0.15, 0.2) is 0 Å². The first-order chi connectivity index (χ1) is 19.1. The van der Waals surface area contributed by atoms with Crippen molar-refractivity contribution in [2.75, 3.05) is 26.0 Å². The summed E-state index contributed by atoms with van der Waals surface area (Å²) in [7, 11) is 3.48. The lowest BCUT2D eigenvalue weighted by atomic mass is 9.86. The first-order valence-electron chi connectivity index (χ1n) is 14.0. The SMILES string of the molecule is CNc1ccc(COC(=O)NCCCCC(NC(=O)/C(C)=C/[C@H](C(C)C)N(C)C(=O)[C@@H](N)C(C)(C)C)C(=O)O)cc1. The van der Waals surface area contributed by atoms with Gasteiger partial charge in [-0.1, -0.05) is 52.8 Å². The van der Waals surface area contributed by atoms with Crippen molar-refractivity contribution in [2.24, 2.45) is 17.1 Å². The zero-order valence-corrected chi connectivity index (χ0v) is 25.7. The van der Waals surface area contributed by atoms with Crippen molar-refractivity contribution in [3.8, 4) is 0 Å². The molecule has 0 aliphatic heterocycles. The third kappa shape index (κ3) is 12.2. The van der Waals surface area contributed by atoms with Crippen LogP contribution >= 0.6 is 0 Å². The van der Waals surface area contributed by atoms with Crippen molar-refractivity contribution in [1.82, 2.24) is 15.5 Å². The minimum atomic E-state index is -1.15. The van der Waals surface area contributed by atoms with Crippen molar-refractivity contribution in [3.05, 3.63) is 41.5 Å². The Morgan fingerprint density at radius 1 is 1.10 bits per heavy atom. The number of carboxylic acids is 1. The zero-order chi connectivity index (χ0) is 31.3. The molecule has 0 aliphatic carbocycles. The fourth-order valence-electron chi connectivity index (χ4n) is 3.98. The highest BCUT2D eigenvalue weighted by atomic mass is 16.5. The fraction of sp³-hybridized carbons (Fsp3) is 0.600. The van der Waals surface area contributed by atoms with E-state index in [-0.39, 0.29) is 24.9 Å². The van der Waals surface area contributed by atoms with E-state index in [4.69, 9.17) is 10.5 Å². The van der Waals surface area contributed by atoms with E-state index in [0.29, 0.717) is 25.0 Å². The number of benzene rings is 1. The van der Waals surface area contributed by atoms with E-state index in [2.05, 4.69) is 16.0 Å². The summed E-state index contributed by atoms with van der Waals surface area (Å²) >= 11 is 0. The summed E-state index contributed by atoms with van der Waals surface area (Å²) < 4.78 is 5.20. The maximum absolute atomic E-state index is 12.9. The number of nitrogens with zero attached hydrogens (tertiary/aromatic N) is 1. The Labute approximate surface area is 244 Å². The van der Waals surface area contributed by atoms with Gasteiger partial charge in [0.25, 0.3) is 0 Å². The van der Waals surface area contributed by atoms with Gasteiger partial charge in [-0.2, -0.15) is 0 Å². The second kappa shape index (κ2) is 16.6. The van der Waals surface area contributed by atoms with E-state index in [1.54, 1.807) is 24.9 Å². The van der Waals surface area contributed by atoms with Gasteiger partial charge in [-0.15, -0.1) is 0 Å². The van der Waals surface area contributed by atoms with E-state index in [1.807, 2.05) is 65.9 Å². The number of carbonyl (C=O) groups is 4. The van der Waals surface area contributed by atoms with Crippen LogP contribution in [-0.2, 0) is 25.7 Å². The number of hydrogen-bond donors (Lipinski definition) is 5. The second-order valence-electron chi connectivity index (χ2n) is 11.7. The molecule has 11 nitrogen and oxygen atoms in total. The van der Waals surface area contributed by atoms with Crippen molar-refractivity contribution in [1.29, 1.82) is 0 Å². The third-order valence-corrected chi connectivity index (χ3v) is 6.86. The molecule has 0 heterocycles. The Balaban J connectivity index is 2.59. The summed E-state index contributed by atoms with van der Waals surface area (Å²) in [5, 5.41) is 17.9. The molecule has 41 heavy (non-hydrogen) atoms. The molecule has 0 saturated carbocycles. The van der Waals surface area contributed by atoms with Gasteiger partial charge < -0.3 is 36.4 Å². The summed E-state index contributed by atoms with van der Waals surface area (Å²) in [6, 6.07) is 5.29. The van der Waals surface area contributed by atoms with Crippen LogP contribution in [0.5, 0.6) is 0 Å². The van der Waals surface area contributed by atoms with Crippen LogP contribution < -0.4 is 21.7 Å². The molecular weight excluding hydrogens is 526 g/mol. The summed E-state index contributed by atoms with van der Waals surface area (Å²) in [4.78, 5) is 51.1. The first kappa shape index (κ1) is 35.4. The number of rotatable bonds is 15. The van der Waals surface area contributed by atoms with Gasteiger partial charge in [-0.05, 0) is 55.2 Å². The lowest BCUT2D eigenvalue weighted by Gasteiger charge is -2.35. The van der Waals surface area contributed by atoms with Gasteiger partial charge in [0.2, 0.25) is 11.8 Å². The molecule has 0 spiro atoms. The van der Waals surface area contributed by atoms with Gasteiger partial charge in [-0.3, -0.25) is 9.59 Å². The van der Waals surface area contributed by atoms with Crippen molar-refractivity contribution < 1.29 is 29.0 Å². The molecule has 3 amide bonds. The Morgan fingerprint density at radius 3 is 2.22 bits per heavy atom. The summed E-state index contributed by atoms with van der Waals surface area (Å²) in [6.45, 7) is 11.6. The van der Waals surface area contributed by atoms with Gasteiger partial charge >= 0.3 is 12.1 Å². The number of alkyl carbamates (subject to hydrolysis) is 1. The highest BCUT2D eigenvalue weighted by Crippen LogP contribution is 2.22. The van der Waals surface area contributed by atoms with Gasteiger partial charge in [0.1, 0.15) is 12.6 Å². The number of likely N-dealkylation sites (N-methyl/N-ethyl adjacent to an activating group) is 1. The average Bonchev–Trinajstić information content (AvgIpc) is 2.91. The number of nitrogens with two attached hydrogens (primary N) is 1. The monoisotopic (exact) mass is 575 g/mol. The standard InChI is InChI=1S/C30H49N5O6/c1-19(2)24(35(8)27(37)25(31)30(4,5)6)17-20(3)26(36)34-23(28(38)39)11-9-10-16-33-29(40)41-18-21-12-14-22(32-7)15-13-21/h12-15,17,19,23-25,32H,9-11,16,18,31H2,1-8H3,(H,33,40)(H,34,36)(H,38,39)/b20-17+/t23?,24-,25-/m1/s1. The third-order valence-electron chi connectivity index (χ3n) is 6.86. The Kier molecular flexibility index (Phi) is 14.4. The maximum Gasteiger partial charge on any atom is 0.407 e. The quantitative estimate of drug-likeness (QED) is 0.157. The lowest BCUT2D eigenvalue weighted by Crippen LogP contribution is -2.52. The van der Waals surface area contributed by atoms with E-state index >= 15 is 0 Å². The summed E-state index contributed by atoms with van der Waals surface area (Å²) in [5.41, 5.74) is 7.87. The van der Waals surface area contributed by atoms with Crippen LogP contribution in [0.15, 0.2) is 35.9 Å². The highest BCUT2D eigenvalue weighted by Gasteiger charge is 2.33.